The van der Waals surface area contributed by atoms with E-state index < -0.39 is 5.97 Å². The van der Waals surface area contributed by atoms with Crippen molar-refractivity contribution >= 4 is 12.0 Å². The van der Waals surface area contributed by atoms with Crippen molar-refractivity contribution in [1.82, 2.24) is 0 Å². The van der Waals surface area contributed by atoms with E-state index in [4.69, 9.17) is 9.84 Å². The zero-order valence-corrected chi connectivity index (χ0v) is 7.56. The normalized spacial score (nSPS) is 10.4. The van der Waals surface area contributed by atoms with Gasteiger partial charge in [-0.2, -0.15) is 0 Å². The Bertz CT molecular complexity index is 368. The smallest absolute Gasteiger partial charge is 0.328 e. The van der Waals surface area contributed by atoms with Gasteiger partial charge in [0.15, 0.2) is 0 Å². The fraction of sp³-hybridized carbons (Fsp3) is 0.100. The molecule has 1 aromatic carbocycles. The van der Waals surface area contributed by atoms with Gasteiger partial charge in [-0.15, -0.1) is 5.75 Å². The lowest BCUT2D eigenvalue weighted by atomic mass is 10.2. The highest BCUT2D eigenvalue weighted by molar-refractivity contribution is 5.86. The number of carboxylic acids is 1. The van der Waals surface area contributed by atoms with Crippen molar-refractivity contribution in [3.8, 4) is 11.5 Å². The number of hydrogen-bond donors (Lipinski definition) is 1. The minimum atomic E-state index is -1.07. The van der Waals surface area contributed by atoms with Crippen LogP contribution >= 0.6 is 0 Å². The molecular formula is C10H9O4-. The summed E-state index contributed by atoms with van der Waals surface area (Å²) >= 11 is 0. The second-order valence-electron chi connectivity index (χ2n) is 2.58. The maximum Gasteiger partial charge on any atom is 0.328 e. The number of aliphatic carboxylic acids is 1. The van der Waals surface area contributed by atoms with Gasteiger partial charge in [0.2, 0.25) is 0 Å². The molecule has 0 aliphatic carbocycles. The monoisotopic (exact) mass is 193 g/mol. The molecule has 0 saturated heterocycles. The topological polar surface area (TPSA) is 69.6 Å². The highest BCUT2D eigenvalue weighted by Crippen LogP contribution is 2.22. The molecule has 0 atom stereocenters. The van der Waals surface area contributed by atoms with E-state index in [0.29, 0.717) is 11.3 Å². The Hall–Kier alpha value is -1.97. The minimum absolute atomic E-state index is 0.184. The van der Waals surface area contributed by atoms with Crippen molar-refractivity contribution in [3.63, 3.8) is 0 Å². The van der Waals surface area contributed by atoms with Gasteiger partial charge in [0.05, 0.1) is 7.11 Å². The number of rotatable bonds is 3. The van der Waals surface area contributed by atoms with Crippen molar-refractivity contribution in [2.45, 2.75) is 0 Å². The number of carbonyl (C=O) groups is 1. The van der Waals surface area contributed by atoms with Crippen LogP contribution in [-0.4, -0.2) is 18.2 Å². The summed E-state index contributed by atoms with van der Waals surface area (Å²) in [6, 6.07) is 4.18. The van der Waals surface area contributed by atoms with Crippen molar-refractivity contribution < 1.29 is 19.7 Å². The first-order valence-corrected chi connectivity index (χ1v) is 3.89. The molecule has 0 bridgehead atoms. The Morgan fingerprint density at radius 2 is 2.29 bits per heavy atom. The molecule has 0 radical (unpaired) electrons. The molecule has 0 fully saturated rings. The van der Waals surface area contributed by atoms with Crippen LogP contribution in [0, 0.1) is 0 Å². The molecule has 0 heterocycles. The highest BCUT2D eigenvalue weighted by Gasteiger charge is 1.98. The van der Waals surface area contributed by atoms with Gasteiger partial charge in [0.25, 0.3) is 0 Å². The van der Waals surface area contributed by atoms with Gasteiger partial charge in [-0.1, -0.05) is 12.1 Å². The van der Waals surface area contributed by atoms with E-state index in [1.807, 2.05) is 0 Å². The zero-order chi connectivity index (χ0) is 10.6. The summed E-state index contributed by atoms with van der Waals surface area (Å²) in [5.74, 6) is -0.777. The van der Waals surface area contributed by atoms with Gasteiger partial charge in [-0.25, -0.2) is 4.79 Å². The van der Waals surface area contributed by atoms with Gasteiger partial charge < -0.3 is 14.9 Å². The van der Waals surface area contributed by atoms with E-state index in [1.54, 1.807) is 0 Å². The average Bonchev–Trinajstić information content (AvgIpc) is 2.15. The summed E-state index contributed by atoms with van der Waals surface area (Å²) in [4.78, 5) is 10.3. The second kappa shape index (κ2) is 4.32. The molecule has 0 unspecified atom stereocenters. The molecule has 0 aliphatic rings. The largest absolute Gasteiger partial charge is 0.872 e. The van der Waals surface area contributed by atoms with Crippen LogP contribution in [0.4, 0.5) is 0 Å². The molecule has 14 heavy (non-hydrogen) atoms. The Labute approximate surface area is 81.1 Å². The van der Waals surface area contributed by atoms with E-state index in [9.17, 15) is 9.90 Å². The lowest BCUT2D eigenvalue weighted by molar-refractivity contribution is -0.268. The van der Waals surface area contributed by atoms with Crippen LogP contribution in [0.15, 0.2) is 24.3 Å². The number of methoxy groups -OCH3 is 1. The summed E-state index contributed by atoms with van der Waals surface area (Å²) in [6.45, 7) is 0. The maximum absolute atomic E-state index is 11.0. The van der Waals surface area contributed by atoms with Crippen LogP contribution in [0.2, 0.25) is 0 Å². The molecule has 0 aromatic heterocycles. The van der Waals surface area contributed by atoms with Gasteiger partial charge >= 0.3 is 5.97 Å². The quantitative estimate of drug-likeness (QED) is 0.723. The van der Waals surface area contributed by atoms with E-state index in [0.717, 1.165) is 6.08 Å². The number of carboxylic acid groups (broad SMARTS) is 1. The Morgan fingerprint density at radius 3 is 2.86 bits per heavy atom. The van der Waals surface area contributed by atoms with Crippen molar-refractivity contribution in [2.75, 3.05) is 7.11 Å². The van der Waals surface area contributed by atoms with Crippen LogP contribution in [0.25, 0.3) is 6.08 Å². The maximum atomic E-state index is 11.0. The van der Waals surface area contributed by atoms with Crippen molar-refractivity contribution in [3.05, 3.63) is 29.8 Å². The first kappa shape index (κ1) is 10.1. The summed E-state index contributed by atoms with van der Waals surface area (Å²) in [7, 11) is 1.46. The molecule has 0 amide bonds. The third kappa shape index (κ3) is 2.52. The lowest BCUT2D eigenvalue weighted by Crippen LogP contribution is -1.93. The van der Waals surface area contributed by atoms with Gasteiger partial charge in [0, 0.05) is 11.6 Å². The fourth-order valence-electron chi connectivity index (χ4n) is 1.00. The molecule has 4 nitrogen and oxygen atoms in total. The van der Waals surface area contributed by atoms with Crippen LogP contribution < -0.4 is 9.84 Å². The van der Waals surface area contributed by atoms with Gasteiger partial charge in [0.1, 0.15) is 5.75 Å². The number of hydrogen-bond acceptors (Lipinski definition) is 3. The SMILES string of the molecule is COc1ccc([O-])cc1/C=C/C(=O)O. The molecule has 0 saturated carbocycles. The molecule has 74 valence electrons. The average molecular weight is 193 g/mol. The summed E-state index contributed by atoms with van der Waals surface area (Å²) in [6.07, 6.45) is 2.28. The molecule has 1 N–H and O–H groups in total. The molecule has 0 spiro atoms. The van der Waals surface area contributed by atoms with Gasteiger partial charge in [-0.3, -0.25) is 0 Å². The number of benzene rings is 1. The van der Waals surface area contributed by atoms with Gasteiger partial charge in [-0.05, 0) is 12.1 Å². The van der Waals surface area contributed by atoms with E-state index in [-0.39, 0.29) is 5.75 Å². The zero-order valence-electron chi connectivity index (χ0n) is 7.56. The predicted octanol–water partition coefficient (Wildman–Crippen LogP) is 0.867. The van der Waals surface area contributed by atoms with Crippen molar-refractivity contribution in [2.24, 2.45) is 0 Å². The Kier molecular flexibility index (Phi) is 3.12. The first-order valence-electron chi connectivity index (χ1n) is 3.89. The lowest BCUT2D eigenvalue weighted by Gasteiger charge is -2.09. The summed E-state index contributed by atoms with van der Waals surface area (Å²) in [5.41, 5.74) is 0.461. The fourth-order valence-corrected chi connectivity index (χ4v) is 1.00. The molecule has 1 aromatic rings. The summed E-state index contributed by atoms with van der Waals surface area (Å²) < 4.78 is 4.95. The molecule has 0 aliphatic heterocycles. The summed E-state index contributed by atoms with van der Waals surface area (Å²) in [5, 5.41) is 19.4. The second-order valence-corrected chi connectivity index (χ2v) is 2.58. The Morgan fingerprint density at radius 1 is 1.57 bits per heavy atom. The van der Waals surface area contributed by atoms with Crippen LogP contribution in [0.1, 0.15) is 5.56 Å². The standard InChI is InChI=1S/C10H10O4/c1-14-9-4-3-8(11)6-7(9)2-5-10(12)13/h2-6,11H,1H3,(H,12,13)/p-1/b5-2+. The minimum Gasteiger partial charge on any atom is -0.872 e. The van der Waals surface area contributed by atoms with Crippen molar-refractivity contribution in [1.29, 1.82) is 0 Å². The van der Waals surface area contributed by atoms with E-state index in [2.05, 4.69) is 0 Å². The molecule has 4 heteroatoms. The van der Waals surface area contributed by atoms with E-state index in [1.165, 1.54) is 31.4 Å². The first-order chi connectivity index (χ1) is 6.63. The third-order valence-electron chi connectivity index (χ3n) is 1.61. The van der Waals surface area contributed by atoms with E-state index >= 15 is 0 Å². The number of ether oxygens (including phenoxy) is 1. The van der Waals surface area contributed by atoms with Crippen LogP contribution in [-0.2, 0) is 4.79 Å². The Balaban J connectivity index is 3.04. The predicted molar refractivity (Wildman–Crippen MR) is 49.1 cm³/mol. The molecular weight excluding hydrogens is 184 g/mol. The third-order valence-corrected chi connectivity index (χ3v) is 1.61. The molecule has 1 rings (SSSR count). The highest BCUT2D eigenvalue weighted by atomic mass is 16.5. The van der Waals surface area contributed by atoms with Crippen LogP contribution in [0.3, 0.4) is 0 Å². The van der Waals surface area contributed by atoms with Crippen LogP contribution in [0.5, 0.6) is 11.5 Å².